The zero-order valence-electron chi connectivity index (χ0n) is 20.1. The molecule has 5 nitrogen and oxygen atoms in total. The van der Waals surface area contributed by atoms with E-state index in [1.807, 2.05) is 84.9 Å². The minimum absolute atomic E-state index is 0. The Kier molecular flexibility index (Phi) is 13.9. The number of aromatic amines is 1. The van der Waals surface area contributed by atoms with Crippen LogP contribution in [0.2, 0.25) is 0 Å². The standard InChI is InChI=1S/C18H14Br2N2O3.2C6H5.Sn/c19-12-5-11(17(23)14(20)7-12)9-22-16(18(24)25)6-10-8-21-15-4-2-1-3-13(10)15;2*1-2-4-6-5-3-1;/h1-5,7-9,16,21,23H,6H2,(H,24,25);2*1-5H;/q;;;+2/p-2/t16-;;;/m0.../s1. The number of hydrogen-bond donors (Lipinski definition) is 1. The summed E-state index contributed by atoms with van der Waals surface area (Å²) >= 11 is 6.47. The molecule has 4 aromatic carbocycles. The molecular formula is C30H22Br2N2O3Sn. The maximum atomic E-state index is 12.1. The van der Waals surface area contributed by atoms with Gasteiger partial charge in [0.05, 0.1) is 12.0 Å². The summed E-state index contributed by atoms with van der Waals surface area (Å²) in [5.74, 6) is -1.54. The summed E-state index contributed by atoms with van der Waals surface area (Å²) in [5, 5.41) is 24.5. The average molecular weight is 737 g/mol. The molecule has 0 fully saturated rings. The van der Waals surface area contributed by atoms with Crippen molar-refractivity contribution in [3.63, 3.8) is 0 Å². The number of aliphatic carboxylic acids is 1. The predicted molar refractivity (Wildman–Crippen MR) is 156 cm³/mol. The number of rotatable bonds is 5. The van der Waals surface area contributed by atoms with Gasteiger partial charge in [-0.1, -0.05) is 116 Å². The number of carbonyl (C=O) groups excluding carboxylic acids is 1. The Morgan fingerprint density at radius 1 is 0.947 bits per heavy atom. The number of aliphatic imine (C=N–C) groups is 1. The van der Waals surface area contributed by atoms with E-state index < -0.39 is 12.0 Å². The van der Waals surface area contributed by atoms with Gasteiger partial charge in [0.1, 0.15) is 0 Å². The fourth-order valence-corrected chi connectivity index (χ4v) is 4.49. The van der Waals surface area contributed by atoms with Crippen molar-refractivity contribution in [2.75, 3.05) is 0 Å². The normalized spacial score (nSPS) is 10.9. The van der Waals surface area contributed by atoms with Crippen LogP contribution in [-0.2, 0) is 11.2 Å². The van der Waals surface area contributed by atoms with Crippen molar-refractivity contribution < 1.29 is 15.0 Å². The van der Waals surface area contributed by atoms with Gasteiger partial charge < -0.3 is 20.0 Å². The summed E-state index contributed by atoms with van der Waals surface area (Å²) in [4.78, 5) is 18.6. The number of benzene rings is 4. The summed E-state index contributed by atoms with van der Waals surface area (Å²) < 4.78 is 1.08. The third kappa shape index (κ3) is 10.1. The SMILES string of the molecule is O=C([O-])[C@H](Cc1c[nH]c2ccccc12)N=Cc1cc(Br)cc(Br)c1[O-].[Sn+2].[c]1ccccc1.[c]1ccccc1. The Morgan fingerprint density at radius 2 is 1.55 bits per heavy atom. The number of carboxylic acid groups (broad SMARTS) is 1. The van der Waals surface area contributed by atoms with Crippen LogP contribution in [-0.4, -0.2) is 47.1 Å². The van der Waals surface area contributed by atoms with Crippen LogP contribution < -0.4 is 10.2 Å². The Morgan fingerprint density at radius 3 is 2.08 bits per heavy atom. The third-order valence-electron chi connectivity index (χ3n) is 5.01. The molecule has 188 valence electrons. The van der Waals surface area contributed by atoms with Crippen molar-refractivity contribution in [2.45, 2.75) is 12.5 Å². The summed E-state index contributed by atoms with van der Waals surface area (Å²) in [7, 11) is 0. The quantitative estimate of drug-likeness (QED) is 0.200. The molecule has 0 saturated carbocycles. The Balaban J connectivity index is 0.000000319. The molecule has 4 radical (unpaired) electrons. The van der Waals surface area contributed by atoms with Gasteiger partial charge in [-0.05, 0) is 41.5 Å². The fourth-order valence-electron chi connectivity index (χ4n) is 3.24. The van der Waals surface area contributed by atoms with Gasteiger partial charge in [0.15, 0.2) is 0 Å². The third-order valence-corrected chi connectivity index (χ3v) is 6.05. The van der Waals surface area contributed by atoms with Crippen LogP contribution in [0.15, 0.2) is 117 Å². The van der Waals surface area contributed by atoms with Gasteiger partial charge in [-0.15, -0.1) is 0 Å². The molecule has 0 aliphatic carbocycles. The van der Waals surface area contributed by atoms with Gasteiger partial charge in [0.25, 0.3) is 0 Å². The van der Waals surface area contributed by atoms with E-state index in [4.69, 9.17) is 0 Å². The zero-order valence-corrected chi connectivity index (χ0v) is 26.1. The largest absolute Gasteiger partial charge is 2.00 e. The Bertz CT molecular complexity index is 1340. The number of nitrogens with zero attached hydrogens (tertiary/aromatic N) is 1. The number of halogens is 2. The minimum atomic E-state index is -1.29. The van der Waals surface area contributed by atoms with Crippen molar-refractivity contribution >= 4 is 78.9 Å². The molecule has 0 saturated heterocycles. The van der Waals surface area contributed by atoms with E-state index in [9.17, 15) is 15.0 Å². The number of para-hydroxylation sites is 1. The maximum Gasteiger partial charge on any atom is 2.00 e. The maximum absolute atomic E-state index is 12.1. The number of carboxylic acids is 1. The summed E-state index contributed by atoms with van der Waals surface area (Å²) in [6, 6.07) is 34.8. The van der Waals surface area contributed by atoms with E-state index in [0.29, 0.717) is 14.5 Å². The first-order valence-corrected chi connectivity index (χ1v) is 12.8. The van der Waals surface area contributed by atoms with E-state index >= 15 is 0 Å². The molecule has 38 heavy (non-hydrogen) atoms. The molecule has 0 unspecified atom stereocenters. The molecule has 1 heterocycles. The number of aromatic nitrogens is 1. The van der Waals surface area contributed by atoms with Crippen molar-refractivity contribution in [1.29, 1.82) is 0 Å². The van der Waals surface area contributed by atoms with E-state index in [1.54, 1.807) is 18.3 Å². The van der Waals surface area contributed by atoms with Crippen molar-refractivity contribution in [3.05, 3.63) is 135 Å². The van der Waals surface area contributed by atoms with Gasteiger partial charge in [0.2, 0.25) is 0 Å². The van der Waals surface area contributed by atoms with Crippen LogP contribution in [0.1, 0.15) is 11.1 Å². The van der Waals surface area contributed by atoms with Gasteiger partial charge in [-0.2, -0.15) is 0 Å². The van der Waals surface area contributed by atoms with Crippen LogP contribution in [0.4, 0.5) is 0 Å². The smallest absolute Gasteiger partial charge is 0.871 e. The first-order valence-electron chi connectivity index (χ1n) is 11.2. The Hall–Kier alpha value is -2.88. The van der Waals surface area contributed by atoms with E-state index in [1.165, 1.54) is 6.21 Å². The predicted octanol–water partition coefficient (Wildman–Crippen LogP) is 5.14. The van der Waals surface area contributed by atoms with Crippen molar-refractivity contribution in [1.82, 2.24) is 4.98 Å². The topological polar surface area (TPSA) is 91.3 Å². The molecule has 0 spiro atoms. The van der Waals surface area contributed by atoms with Crippen molar-refractivity contribution in [2.24, 2.45) is 4.99 Å². The van der Waals surface area contributed by atoms with Gasteiger partial charge >= 0.3 is 23.9 Å². The zero-order chi connectivity index (χ0) is 26.5. The Labute approximate surface area is 255 Å². The number of nitrogens with one attached hydrogen (secondary N) is 1. The van der Waals surface area contributed by atoms with Gasteiger partial charge in [-0.25, -0.2) is 0 Å². The second kappa shape index (κ2) is 16.9. The first kappa shape index (κ1) is 31.3. The first-order chi connectivity index (χ1) is 18.0. The number of carbonyl (C=O) groups is 1. The summed E-state index contributed by atoms with van der Waals surface area (Å²) in [5.41, 5.74) is 2.06. The molecule has 1 atom stereocenters. The van der Waals surface area contributed by atoms with Crippen LogP contribution in [0.5, 0.6) is 5.75 Å². The molecule has 5 rings (SSSR count). The summed E-state index contributed by atoms with van der Waals surface area (Å²) in [6.45, 7) is 0. The van der Waals surface area contributed by atoms with Gasteiger partial charge in [-0.3, -0.25) is 4.99 Å². The molecule has 8 heteroatoms. The molecule has 0 amide bonds. The second-order valence-electron chi connectivity index (χ2n) is 7.64. The molecule has 1 N–H and O–H groups in total. The van der Waals surface area contributed by atoms with Crippen LogP contribution >= 0.6 is 31.9 Å². The number of hydrogen-bond acceptors (Lipinski definition) is 4. The molecule has 0 bridgehead atoms. The summed E-state index contributed by atoms with van der Waals surface area (Å²) in [6.07, 6.45) is 3.23. The number of H-pyrrole nitrogens is 1. The molecule has 0 aliphatic heterocycles. The number of fused-ring (bicyclic) bond motifs is 1. The molecule has 5 aromatic rings. The molecule has 1 aromatic heterocycles. The average Bonchev–Trinajstić information content (AvgIpc) is 3.34. The van der Waals surface area contributed by atoms with Gasteiger partial charge in [0, 0.05) is 38.7 Å². The second-order valence-corrected chi connectivity index (χ2v) is 9.41. The monoisotopic (exact) mass is 736 g/mol. The molecule has 0 aliphatic rings. The van der Waals surface area contributed by atoms with Crippen LogP contribution in [0.25, 0.3) is 10.9 Å². The van der Waals surface area contributed by atoms with E-state index in [-0.39, 0.29) is 36.1 Å². The van der Waals surface area contributed by atoms with Crippen molar-refractivity contribution in [3.8, 4) is 5.75 Å². The van der Waals surface area contributed by atoms with E-state index in [0.717, 1.165) is 16.5 Å². The van der Waals surface area contributed by atoms with Crippen LogP contribution in [0, 0.1) is 12.1 Å². The fraction of sp³-hybridized carbons (Fsp3) is 0.0667. The minimum Gasteiger partial charge on any atom is -0.871 e. The molecular weight excluding hydrogens is 715 g/mol. The van der Waals surface area contributed by atoms with Crippen LogP contribution in [0.3, 0.4) is 0 Å². The van der Waals surface area contributed by atoms with E-state index in [2.05, 4.69) is 54.0 Å².